The van der Waals surface area contributed by atoms with Crippen molar-refractivity contribution in [2.24, 2.45) is 5.92 Å². The third-order valence-electron chi connectivity index (χ3n) is 3.31. The van der Waals surface area contributed by atoms with Crippen LogP contribution < -0.4 is 5.32 Å². The van der Waals surface area contributed by atoms with E-state index in [0.29, 0.717) is 6.61 Å². The minimum Gasteiger partial charge on any atom is -0.466 e. The fourth-order valence-corrected chi connectivity index (χ4v) is 2.34. The molecule has 1 aromatic rings. The Morgan fingerprint density at radius 2 is 2.06 bits per heavy atom. The predicted octanol–water partition coefficient (Wildman–Crippen LogP) is 1.86. The molecule has 1 aliphatic heterocycles. The first kappa shape index (κ1) is 12.1. The molecule has 3 nitrogen and oxygen atoms in total. The van der Waals surface area contributed by atoms with Crippen molar-refractivity contribution in [3.05, 3.63) is 35.4 Å². The van der Waals surface area contributed by atoms with Crippen molar-refractivity contribution in [2.75, 3.05) is 19.7 Å². The molecule has 1 saturated heterocycles. The molecule has 0 amide bonds. The van der Waals surface area contributed by atoms with Gasteiger partial charge in [0.2, 0.25) is 0 Å². The van der Waals surface area contributed by atoms with E-state index in [1.807, 2.05) is 6.92 Å². The third-order valence-corrected chi connectivity index (χ3v) is 3.31. The van der Waals surface area contributed by atoms with Crippen LogP contribution in [-0.2, 0) is 9.53 Å². The number of ether oxygens (including phenoxy) is 1. The molecule has 0 saturated carbocycles. The van der Waals surface area contributed by atoms with E-state index in [1.165, 1.54) is 11.1 Å². The van der Waals surface area contributed by atoms with Gasteiger partial charge in [-0.1, -0.05) is 29.8 Å². The number of aryl methyl sites for hydroxylation is 1. The highest BCUT2D eigenvalue weighted by Crippen LogP contribution is 2.29. The highest BCUT2D eigenvalue weighted by molar-refractivity contribution is 5.74. The van der Waals surface area contributed by atoms with E-state index >= 15 is 0 Å². The van der Waals surface area contributed by atoms with Crippen molar-refractivity contribution in [2.45, 2.75) is 19.8 Å². The quantitative estimate of drug-likeness (QED) is 0.810. The number of carbonyl (C=O) groups excluding carboxylic acids is 1. The molecule has 1 fully saturated rings. The first-order valence-electron chi connectivity index (χ1n) is 6.16. The van der Waals surface area contributed by atoms with E-state index in [4.69, 9.17) is 4.74 Å². The number of rotatable bonds is 3. The van der Waals surface area contributed by atoms with Crippen molar-refractivity contribution in [1.29, 1.82) is 0 Å². The summed E-state index contributed by atoms with van der Waals surface area (Å²) >= 11 is 0. The number of carbonyl (C=O) groups is 1. The van der Waals surface area contributed by atoms with Crippen molar-refractivity contribution >= 4 is 5.97 Å². The maximum absolute atomic E-state index is 11.8. The lowest BCUT2D eigenvalue weighted by Gasteiger charge is -2.17. The zero-order valence-corrected chi connectivity index (χ0v) is 10.4. The van der Waals surface area contributed by atoms with Gasteiger partial charge in [0.1, 0.15) is 0 Å². The molecule has 17 heavy (non-hydrogen) atoms. The molecule has 0 aromatic heterocycles. The van der Waals surface area contributed by atoms with Gasteiger partial charge in [-0.25, -0.2) is 0 Å². The summed E-state index contributed by atoms with van der Waals surface area (Å²) in [5, 5.41) is 3.27. The summed E-state index contributed by atoms with van der Waals surface area (Å²) in [5.74, 6) is 0.121. The average Bonchev–Trinajstić information content (AvgIpc) is 2.79. The van der Waals surface area contributed by atoms with E-state index in [9.17, 15) is 4.79 Å². The number of hydrogen-bond acceptors (Lipinski definition) is 3. The second kappa shape index (κ2) is 5.32. The lowest BCUT2D eigenvalue weighted by Crippen LogP contribution is -2.24. The highest BCUT2D eigenvalue weighted by Gasteiger charge is 2.34. The zero-order valence-electron chi connectivity index (χ0n) is 10.4. The summed E-state index contributed by atoms with van der Waals surface area (Å²) in [6, 6.07) is 8.41. The Hall–Kier alpha value is -1.35. The van der Waals surface area contributed by atoms with Gasteiger partial charge >= 0.3 is 5.97 Å². The second-order valence-electron chi connectivity index (χ2n) is 4.53. The molecule has 0 bridgehead atoms. The van der Waals surface area contributed by atoms with Crippen LogP contribution in [0.5, 0.6) is 0 Å². The highest BCUT2D eigenvalue weighted by atomic mass is 16.5. The Morgan fingerprint density at radius 1 is 1.35 bits per heavy atom. The van der Waals surface area contributed by atoms with Crippen molar-refractivity contribution in [3.8, 4) is 0 Å². The summed E-state index contributed by atoms with van der Waals surface area (Å²) in [6.45, 7) is 5.94. The van der Waals surface area contributed by atoms with Crippen LogP contribution in [0.4, 0.5) is 0 Å². The summed E-state index contributed by atoms with van der Waals surface area (Å²) in [5.41, 5.74) is 2.46. The standard InChI is InChI=1S/C14H19NO2/c1-3-17-14(16)13-9-15-8-12(13)11-6-4-10(2)5-7-11/h4-7,12-13,15H,3,8-9H2,1-2H3. The minimum absolute atomic E-state index is 0.0438. The van der Waals surface area contributed by atoms with Gasteiger partial charge in [0.25, 0.3) is 0 Å². The summed E-state index contributed by atoms with van der Waals surface area (Å²) < 4.78 is 5.12. The number of hydrogen-bond donors (Lipinski definition) is 1. The molecule has 2 rings (SSSR count). The first-order chi connectivity index (χ1) is 8.22. The third kappa shape index (κ3) is 2.67. The average molecular weight is 233 g/mol. The second-order valence-corrected chi connectivity index (χ2v) is 4.53. The number of benzene rings is 1. The molecule has 3 heteroatoms. The number of nitrogens with one attached hydrogen (secondary N) is 1. The molecule has 92 valence electrons. The van der Waals surface area contributed by atoms with Gasteiger partial charge < -0.3 is 10.1 Å². The van der Waals surface area contributed by atoms with Gasteiger partial charge in [-0.3, -0.25) is 4.79 Å². The SMILES string of the molecule is CCOC(=O)C1CNCC1c1ccc(C)cc1. The molecule has 0 aliphatic carbocycles. The molecular weight excluding hydrogens is 214 g/mol. The monoisotopic (exact) mass is 233 g/mol. The van der Waals surface area contributed by atoms with Gasteiger partial charge in [0.05, 0.1) is 12.5 Å². The zero-order chi connectivity index (χ0) is 12.3. The summed E-state index contributed by atoms with van der Waals surface area (Å²) in [4.78, 5) is 11.8. The fraction of sp³-hybridized carbons (Fsp3) is 0.500. The Kier molecular flexibility index (Phi) is 3.79. The Morgan fingerprint density at radius 3 is 2.71 bits per heavy atom. The van der Waals surface area contributed by atoms with Crippen LogP contribution in [0.3, 0.4) is 0 Å². The van der Waals surface area contributed by atoms with Crippen LogP contribution >= 0.6 is 0 Å². The van der Waals surface area contributed by atoms with Crippen LogP contribution in [0.1, 0.15) is 24.0 Å². The van der Waals surface area contributed by atoms with Gasteiger partial charge in [0, 0.05) is 19.0 Å². The van der Waals surface area contributed by atoms with E-state index in [-0.39, 0.29) is 17.8 Å². The molecule has 0 spiro atoms. The van der Waals surface area contributed by atoms with Crippen molar-refractivity contribution in [1.82, 2.24) is 5.32 Å². The number of esters is 1. The van der Waals surface area contributed by atoms with Crippen LogP contribution in [0, 0.1) is 12.8 Å². The van der Waals surface area contributed by atoms with Crippen LogP contribution in [0.2, 0.25) is 0 Å². The Bertz CT molecular complexity index is 386. The molecule has 1 N–H and O–H groups in total. The van der Waals surface area contributed by atoms with Crippen molar-refractivity contribution in [3.63, 3.8) is 0 Å². The molecule has 0 radical (unpaired) electrons. The maximum atomic E-state index is 11.8. The Labute approximate surface area is 102 Å². The predicted molar refractivity (Wildman–Crippen MR) is 66.9 cm³/mol. The van der Waals surface area contributed by atoms with Crippen molar-refractivity contribution < 1.29 is 9.53 Å². The lowest BCUT2D eigenvalue weighted by molar-refractivity contribution is -0.147. The van der Waals surface area contributed by atoms with Gasteiger partial charge in [-0.05, 0) is 19.4 Å². The van der Waals surface area contributed by atoms with Crippen LogP contribution in [0.25, 0.3) is 0 Å². The fourth-order valence-electron chi connectivity index (χ4n) is 2.34. The largest absolute Gasteiger partial charge is 0.466 e. The van der Waals surface area contributed by atoms with Gasteiger partial charge in [-0.15, -0.1) is 0 Å². The van der Waals surface area contributed by atoms with Crippen LogP contribution in [-0.4, -0.2) is 25.7 Å². The van der Waals surface area contributed by atoms with Gasteiger partial charge in [-0.2, -0.15) is 0 Å². The molecule has 2 unspecified atom stereocenters. The Balaban J connectivity index is 2.14. The lowest BCUT2D eigenvalue weighted by atomic mass is 9.88. The minimum atomic E-state index is -0.0805. The topological polar surface area (TPSA) is 38.3 Å². The maximum Gasteiger partial charge on any atom is 0.310 e. The molecule has 1 aromatic carbocycles. The summed E-state index contributed by atoms with van der Waals surface area (Å²) in [6.07, 6.45) is 0. The van der Waals surface area contributed by atoms with Gasteiger partial charge in [0.15, 0.2) is 0 Å². The smallest absolute Gasteiger partial charge is 0.310 e. The first-order valence-corrected chi connectivity index (χ1v) is 6.16. The van der Waals surface area contributed by atoms with E-state index in [1.54, 1.807) is 0 Å². The van der Waals surface area contributed by atoms with Crippen LogP contribution in [0.15, 0.2) is 24.3 Å². The molecule has 1 aliphatic rings. The normalized spacial score (nSPS) is 23.6. The van der Waals surface area contributed by atoms with E-state index in [0.717, 1.165) is 13.1 Å². The molecule has 2 atom stereocenters. The van der Waals surface area contributed by atoms with E-state index < -0.39 is 0 Å². The van der Waals surface area contributed by atoms with E-state index in [2.05, 4.69) is 36.5 Å². The summed E-state index contributed by atoms with van der Waals surface area (Å²) in [7, 11) is 0. The molecule has 1 heterocycles. The molecular formula is C14H19NO2.